The van der Waals surface area contributed by atoms with Gasteiger partial charge in [0.25, 0.3) is 0 Å². The van der Waals surface area contributed by atoms with Crippen molar-refractivity contribution in [2.24, 2.45) is 0 Å². The van der Waals surface area contributed by atoms with E-state index in [1.54, 1.807) is 11.3 Å². The van der Waals surface area contributed by atoms with Crippen molar-refractivity contribution in [3.63, 3.8) is 0 Å². The molecule has 0 spiro atoms. The van der Waals surface area contributed by atoms with Crippen LogP contribution < -0.4 is 5.32 Å². The Bertz CT molecular complexity index is 1030. The fraction of sp³-hybridized carbons (Fsp3) is 0.211. The molecule has 1 aromatic carbocycles. The van der Waals surface area contributed by atoms with Gasteiger partial charge in [-0.1, -0.05) is 23.4 Å². The zero-order chi connectivity index (χ0) is 18.1. The summed E-state index contributed by atoms with van der Waals surface area (Å²) in [6.07, 6.45) is 4.92. The zero-order valence-corrected chi connectivity index (χ0v) is 15.3. The maximum absolute atomic E-state index is 12.5. The summed E-state index contributed by atoms with van der Waals surface area (Å²) < 4.78 is 7.13. The number of rotatable bonds is 5. The van der Waals surface area contributed by atoms with Crippen LogP contribution in [0.1, 0.15) is 23.4 Å². The Hall–Kier alpha value is -2.93. The van der Waals surface area contributed by atoms with Crippen LogP contribution in [0.2, 0.25) is 0 Å². The number of benzene rings is 1. The predicted molar refractivity (Wildman–Crippen MR) is 101 cm³/mol. The number of para-hydroxylation sites is 1. The molecule has 6 nitrogen and oxygen atoms in total. The molecule has 4 rings (SSSR count). The summed E-state index contributed by atoms with van der Waals surface area (Å²) in [6.45, 7) is 3.76. The number of thiazole rings is 1. The molecule has 26 heavy (non-hydrogen) atoms. The highest BCUT2D eigenvalue weighted by atomic mass is 32.1. The standard InChI is InChI=1S/C19H18N4O2S/c1-12-14(13(2)25-22-12)7-8-18(24)20-16-6-4-3-5-15(16)17-11-23-9-10-26-19(23)21-17/h3-6,9-11H,7-8H2,1-2H3,(H,20,24). The molecule has 0 saturated heterocycles. The van der Waals surface area contributed by atoms with Gasteiger partial charge in [0.15, 0.2) is 4.96 Å². The summed E-state index contributed by atoms with van der Waals surface area (Å²) in [7, 11) is 0. The van der Waals surface area contributed by atoms with Crippen LogP contribution in [0.4, 0.5) is 5.69 Å². The minimum atomic E-state index is -0.0431. The second-order valence-corrected chi connectivity index (χ2v) is 6.99. The number of fused-ring (bicyclic) bond motifs is 1. The van der Waals surface area contributed by atoms with Gasteiger partial charge < -0.3 is 9.84 Å². The minimum absolute atomic E-state index is 0.0431. The van der Waals surface area contributed by atoms with Crippen molar-refractivity contribution in [3.05, 3.63) is 59.1 Å². The Labute approximate surface area is 154 Å². The summed E-state index contributed by atoms with van der Waals surface area (Å²) >= 11 is 1.58. The lowest BCUT2D eigenvalue weighted by molar-refractivity contribution is -0.116. The molecule has 0 saturated carbocycles. The van der Waals surface area contributed by atoms with Crippen LogP contribution in [0.5, 0.6) is 0 Å². The molecule has 3 heterocycles. The first-order valence-electron chi connectivity index (χ1n) is 8.35. The summed E-state index contributed by atoms with van der Waals surface area (Å²) in [5.74, 6) is 0.729. The SMILES string of the molecule is Cc1noc(C)c1CCC(=O)Nc1ccccc1-c1cn2ccsc2n1. The normalized spacial score (nSPS) is 11.2. The number of hydrogen-bond donors (Lipinski definition) is 1. The minimum Gasteiger partial charge on any atom is -0.361 e. The van der Waals surface area contributed by atoms with Gasteiger partial charge in [-0.3, -0.25) is 9.20 Å². The molecule has 0 atom stereocenters. The lowest BCUT2D eigenvalue weighted by Crippen LogP contribution is -2.13. The fourth-order valence-corrected chi connectivity index (χ4v) is 3.68. The van der Waals surface area contributed by atoms with Crippen LogP contribution in [-0.4, -0.2) is 20.4 Å². The second-order valence-electron chi connectivity index (χ2n) is 6.12. The summed E-state index contributed by atoms with van der Waals surface area (Å²) in [6, 6.07) is 7.72. The second kappa shape index (κ2) is 6.76. The lowest BCUT2D eigenvalue weighted by Gasteiger charge is -2.09. The largest absolute Gasteiger partial charge is 0.361 e. The van der Waals surface area contributed by atoms with E-state index in [-0.39, 0.29) is 5.91 Å². The third-order valence-electron chi connectivity index (χ3n) is 4.35. The van der Waals surface area contributed by atoms with E-state index in [1.807, 2.05) is 60.3 Å². The molecule has 0 fully saturated rings. The molecule has 1 N–H and O–H groups in total. The van der Waals surface area contributed by atoms with E-state index in [9.17, 15) is 4.79 Å². The number of imidazole rings is 1. The molecular formula is C19H18N4O2S. The highest BCUT2D eigenvalue weighted by Crippen LogP contribution is 2.28. The van der Waals surface area contributed by atoms with Crippen LogP contribution >= 0.6 is 11.3 Å². The Morgan fingerprint density at radius 2 is 2.15 bits per heavy atom. The number of nitrogens with zero attached hydrogens (tertiary/aromatic N) is 3. The molecule has 7 heteroatoms. The Kier molecular flexibility index (Phi) is 4.30. The molecule has 132 valence electrons. The van der Waals surface area contributed by atoms with Crippen molar-refractivity contribution < 1.29 is 9.32 Å². The van der Waals surface area contributed by atoms with Crippen molar-refractivity contribution in [1.29, 1.82) is 0 Å². The van der Waals surface area contributed by atoms with Gasteiger partial charge in [0, 0.05) is 35.3 Å². The van der Waals surface area contributed by atoms with E-state index in [2.05, 4.69) is 15.5 Å². The van der Waals surface area contributed by atoms with E-state index >= 15 is 0 Å². The predicted octanol–water partition coefficient (Wildman–Crippen LogP) is 4.24. The molecule has 0 aliphatic rings. The number of aromatic nitrogens is 3. The van der Waals surface area contributed by atoms with Gasteiger partial charge in [0.1, 0.15) is 5.76 Å². The number of carbonyl (C=O) groups excluding carboxylic acids is 1. The molecular weight excluding hydrogens is 348 g/mol. The highest BCUT2D eigenvalue weighted by molar-refractivity contribution is 7.15. The van der Waals surface area contributed by atoms with Crippen molar-refractivity contribution in [3.8, 4) is 11.3 Å². The third kappa shape index (κ3) is 3.13. The van der Waals surface area contributed by atoms with E-state index in [4.69, 9.17) is 4.52 Å². The van der Waals surface area contributed by atoms with Crippen molar-refractivity contribution >= 4 is 27.9 Å². The van der Waals surface area contributed by atoms with E-state index < -0.39 is 0 Å². The average Bonchev–Trinajstić information content (AvgIpc) is 3.30. The molecule has 1 amide bonds. The first-order chi connectivity index (χ1) is 12.6. The van der Waals surface area contributed by atoms with Crippen LogP contribution in [0, 0.1) is 13.8 Å². The van der Waals surface area contributed by atoms with Crippen LogP contribution in [0.15, 0.2) is 46.6 Å². The van der Waals surface area contributed by atoms with Crippen molar-refractivity contribution in [1.82, 2.24) is 14.5 Å². The first kappa shape index (κ1) is 16.5. The molecule has 0 aliphatic carbocycles. The average molecular weight is 366 g/mol. The van der Waals surface area contributed by atoms with Gasteiger partial charge in [-0.15, -0.1) is 11.3 Å². The van der Waals surface area contributed by atoms with E-state index in [0.29, 0.717) is 12.8 Å². The third-order valence-corrected chi connectivity index (χ3v) is 5.12. The van der Waals surface area contributed by atoms with Gasteiger partial charge in [-0.25, -0.2) is 4.98 Å². The number of hydrogen-bond acceptors (Lipinski definition) is 5. The van der Waals surface area contributed by atoms with Crippen LogP contribution in [0.3, 0.4) is 0 Å². The molecule has 0 bridgehead atoms. The number of amides is 1. The molecule has 4 aromatic rings. The summed E-state index contributed by atoms with van der Waals surface area (Å²) in [5.41, 5.74) is 4.37. The molecule has 0 aliphatic heterocycles. The van der Waals surface area contributed by atoms with Crippen LogP contribution in [0.25, 0.3) is 16.2 Å². The van der Waals surface area contributed by atoms with E-state index in [0.717, 1.165) is 38.9 Å². The van der Waals surface area contributed by atoms with Gasteiger partial charge in [0.2, 0.25) is 5.91 Å². The zero-order valence-electron chi connectivity index (χ0n) is 14.5. The topological polar surface area (TPSA) is 72.4 Å². The first-order valence-corrected chi connectivity index (χ1v) is 9.23. The van der Waals surface area contributed by atoms with Gasteiger partial charge >= 0.3 is 0 Å². The van der Waals surface area contributed by atoms with Gasteiger partial charge in [0.05, 0.1) is 17.1 Å². The maximum atomic E-state index is 12.5. The van der Waals surface area contributed by atoms with Crippen LogP contribution in [-0.2, 0) is 11.2 Å². The molecule has 0 radical (unpaired) electrons. The number of anilines is 1. The van der Waals surface area contributed by atoms with E-state index in [1.165, 1.54) is 0 Å². The summed E-state index contributed by atoms with van der Waals surface area (Å²) in [5, 5.41) is 8.94. The Morgan fingerprint density at radius 1 is 1.31 bits per heavy atom. The highest BCUT2D eigenvalue weighted by Gasteiger charge is 2.14. The molecule has 0 unspecified atom stereocenters. The number of aryl methyl sites for hydroxylation is 2. The smallest absolute Gasteiger partial charge is 0.224 e. The van der Waals surface area contributed by atoms with Crippen molar-refractivity contribution in [2.75, 3.05) is 5.32 Å². The monoisotopic (exact) mass is 366 g/mol. The number of carbonyl (C=O) groups is 1. The lowest BCUT2D eigenvalue weighted by atomic mass is 10.1. The Morgan fingerprint density at radius 3 is 2.92 bits per heavy atom. The summed E-state index contributed by atoms with van der Waals surface area (Å²) in [4.78, 5) is 18.0. The van der Waals surface area contributed by atoms with Crippen molar-refractivity contribution in [2.45, 2.75) is 26.7 Å². The maximum Gasteiger partial charge on any atom is 0.224 e. The molecule has 3 aromatic heterocycles. The Balaban J connectivity index is 1.51. The fourth-order valence-electron chi connectivity index (χ4n) is 2.98. The quantitative estimate of drug-likeness (QED) is 0.573. The number of nitrogens with one attached hydrogen (secondary N) is 1. The van der Waals surface area contributed by atoms with Gasteiger partial charge in [-0.2, -0.15) is 0 Å². The van der Waals surface area contributed by atoms with Gasteiger partial charge in [-0.05, 0) is 26.3 Å².